The molecule has 1 unspecified atom stereocenters. The Labute approximate surface area is 104 Å². The summed E-state index contributed by atoms with van der Waals surface area (Å²) in [6, 6.07) is 9.68. The molecular formula is C12H16F3NS. The molecule has 0 aliphatic heterocycles. The van der Waals surface area contributed by atoms with Crippen molar-refractivity contribution in [3.63, 3.8) is 0 Å². The van der Waals surface area contributed by atoms with Crippen LogP contribution in [-0.2, 0) is 0 Å². The minimum atomic E-state index is -4.12. The Kier molecular flexibility index (Phi) is 5.85. The molecule has 0 saturated carbocycles. The number of thioether (sulfide) groups is 1. The van der Waals surface area contributed by atoms with Crippen LogP contribution < -0.4 is 5.73 Å². The summed E-state index contributed by atoms with van der Waals surface area (Å²) < 4.78 is 35.8. The Balaban J connectivity index is 2.34. The number of hydrogen-bond acceptors (Lipinski definition) is 2. The maximum Gasteiger partial charge on any atom is 0.441 e. The first-order chi connectivity index (χ1) is 8.03. The zero-order chi connectivity index (χ0) is 12.7. The molecule has 0 fully saturated rings. The minimum Gasteiger partial charge on any atom is -0.330 e. The van der Waals surface area contributed by atoms with Gasteiger partial charge in [0.25, 0.3) is 0 Å². The Morgan fingerprint density at radius 1 is 1.18 bits per heavy atom. The summed E-state index contributed by atoms with van der Waals surface area (Å²) in [5, 5.41) is 0. The lowest BCUT2D eigenvalue weighted by Gasteiger charge is -2.15. The summed E-state index contributed by atoms with van der Waals surface area (Å²) in [7, 11) is 0. The van der Waals surface area contributed by atoms with Gasteiger partial charge in [-0.05, 0) is 30.9 Å². The Bertz CT molecular complexity index is 313. The topological polar surface area (TPSA) is 26.0 Å². The SMILES string of the molecule is NCC(CCCSC(F)(F)F)c1ccccc1. The van der Waals surface area contributed by atoms with E-state index in [0.717, 1.165) is 5.56 Å². The first kappa shape index (κ1) is 14.4. The summed E-state index contributed by atoms with van der Waals surface area (Å²) in [6.45, 7) is 0.473. The van der Waals surface area contributed by atoms with Crippen LogP contribution in [0.5, 0.6) is 0 Å². The van der Waals surface area contributed by atoms with E-state index < -0.39 is 5.51 Å². The average Bonchev–Trinajstić information content (AvgIpc) is 2.29. The molecule has 2 N–H and O–H groups in total. The van der Waals surface area contributed by atoms with E-state index in [9.17, 15) is 13.2 Å². The highest BCUT2D eigenvalue weighted by molar-refractivity contribution is 8.00. The van der Waals surface area contributed by atoms with Gasteiger partial charge in [0, 0.05) is 5.75 Å². The van der Waals surface area contributed by atoms with Gasteiger partial charge in [-0.25, -0.2) is 0 Å². The standard InChI is InChI=1S/C12H16F3NS/c13-12(14,15)17-8-4-7-11(9-16)10-5-2-1-3-6-10/h1-3,5-6,11H,4,7-9,16H2. The van der Waals surface area contributed by atoms with Crippen LogP contribution in [0.1, 0.15) is 24.3 Å². The molecule has 5 heteroatoms. The molecule has 1 aromatic rings. The molecule has 1 atom stereocenters. The van der Waals surface area contributed by atoms with Gasteiger partial charge < -0.3 is 5.73 Å². The van der Waals surface area contributed by atoms with Crippen LogP contribution in [0.3, 0.4) is 0 Å². The molecule has 0 heterocycles. The van der Waals surface area contributed by atoms with Crippen molar-refractivity contribution in [1.29, 1.82) is 0 Å². The lowest BCUT2D eigenvalue weighted by molar-refractivity contribution is -0.0328. The number of nitrogens with two attached hydrogens (primary N) is 1. The summed E-state index contributed by atoms with van der Waals surface area (Å²) in [5.41, 5.74) is 2.63. The van der Waals surface area contributed by atoms with Gasteiger partial charge >= 0.3 is 5.51 Å². The summed E-state index contributed by atoms with van der Waals surface area (Å²) in [6.07, 6.45) is 1.23. The molecule has 1 rings (SSSR count). The number of alkyl halides is 3. The van der Waals surface area contributed by atoms with Crippen molar-refractivity contribution in [2.75, 3.05) is 12.3 Å². The minimum absolute atomic E-state index is 0.0404. The first-order valence-electron chi connectivity index (χ1n) is 5.48. The van der Waals surface area contributed by atoms with Gasteiger partial charge in [0.1, 0.15) is 0 Å². The highest BCUT2D eigenvalue weighted by Crippen LogP contribution is 2.31. The van der Waals surface area contributed by atoms with Crippen molar-refractivity contribution in [2.45, 2.75) is 24.3 Å². The zero-order valence-corrected chi connectivity index (χ0v) is 10.2. The predicted octanol–water partition coefficient (Wildman–Crippen LogP) is 3.76. The Morgan fingerprint density at radius 3 is 2.35 bits per heavy atom. The average molecular weight is 263 g/mol. The van der Waals surface area contributed by atoms with Crippen molar-refractivity contribution in [3.8, 4) is 0 Å². The van der Waals surface area contributed by atoms with E-state index in [4.69, 9.17) is 5.73 Å². The van der Waals surface area contributed by atoms with Gasteiger partial charge in [-0.15, -0.1) is 0 Å². The van der Waals surface area contributed by atoms with E-state index in [1.807, 2.05) is 30.3 Å². The van der Waals surface area contributed by atoms with E-state index in [1.165, 1.54) is 0 Å². The molecule has 0 bridgehead atoms. The van der Waals surface area contributed by atoms with Crippen LogP contribution in [0.4, 0.5) is 13.2 Å². The number of hydrogen-bond donors (Lipinski definition) is 1. The Morgan fingerprint density at radius 2 is 1.82 bits per heavy atom. The molecule has 0 amide bonds. The summed E-state index contributed by atoms with van der Waals surface area (Å²) >= 11 is 0.0404. The summed E-state index contributed by atoms with van der Waals surface area (Å²) in [4.78, 5) is 0. The second-order valence-electron chi connectivity index (χ2n) is 3.78. The second-order valence-corrected chi connectivity index (χ2v) is 4.94. The highest BCUT2D eigenvalue weighted by Gasteiger charge is 2.27. The van der Waals surface area contributed by atoms with E-state index in [1.54, 1.807) is 0 Å². The molecule has 96 valence electrons. The maximum atomic E-state index is 11.9. The summed E-state index contributed by atoms with van der Waals surface area (Å²) in [5.74, 6) is 0.261. The van der Waals surface area contributed by atoms with E-state index >= 15 is 0 Å². The molecule has 0 aliphatic carbocycles. The smallest absolute Gasteiger partial charge is 0.330 e. The quantitative estimate of drug-likeness (QED) is 0.791. The second kappa shape index (κ2) is 6.91. The van der Waals surface area contributed by atoms with Crippen molar-refractivity contribution in [2.24, 2.45) is 5.73 Å². The van der Waals surface area contributed by atoms with Crippen molar-refractivity contribution >= 4 is 11.8 Å². The fourth-order valence-corrected chi connectivity index (χ4v) is 2.21. The van der Waals surface area contributed by atoms with Gasteiger partial charge in [-0.2, -0.15) is 13.2 Å². The zero-order valence-electron chi connectivity index (χ0n) is 9.41. The molecular weight excluding hydrogens is 247 g/mol. The molecule has 0 aliphatic rings. The number of benzene rings is 1. The molecule has 1 aromatic carbocycles. The van der Waals surface area contributed by atoms with Crippen molar-refractivity contribution in [1.82, 2.24) is 0 Å². The third-order valence-corrected chi connectivity index (χ3v) is 3.34. The number of rotatable bonds is 6. The van der Waals surface area contributed by atoms with Crippen LogP contribution in [0.2, 0.25) is 0 Å². The molecule has 0 saturated heterocycles. The molecule has 0 aromatic heterocycles. The predicted molar refractivity (Wildman–Crippen MR) is 66.0 cm³/mol. The van der Waals surface area contributed by atoms with Crippen LogP contribution in [0.25, 0.3) is 0 Å². The van der Waals surface area contributed by atoms with Gasteiger partial charge in [-0.3, -0.25) is 0 Å². The van der Waals surface area contributed by atoms with E-state index in [0.29, 0.717) is 19.4 Å². The maximum absolute atomic E-state index is 11.9. The largest absolute Gasteiger partial charge is 0.441 e. The molecule has 1 nitrogen and oxygen atoms in total. The number of halogens is 3. The third-order valence-electron chi connectivity index (χ3n) is 2.52. The van der Waals surface area contributed by atoms with Crippen LogP contribution in [0, 0.1) is 0 Å². The van der Waals surface area contributed by atoms with Crippen LogP contribution in [0.15, 0.2) is 30.3 Å². The van der Waals surface area contributed by atoms with Crippen molar-refractivity contribution in [3.05, 3.63) is 35.9 Å². The first-order valence-corrected chi connectivity index (χ1v) is 6.47. The highest BCUT2D eigenvalue weighted by atomic mass is 32.2. The van der Waals surface area contributed by atoms with E-state index in [-0.39, 0.29) is 23.4 Å². The van der Waals surface area contributed by atoms with E-state index in [2.05, 4.69) is 0 Å². The monoisotopic (exact) mass is 263 g/mol. The van der Waals surface area contributed by atoms with Gasteiger partial charge in [0.05, 0.1) is 0 Å². The lowest BCUT2D eigenvalue weighted by Crippen LogP contribution is -2.13. The van der Waals surface area contributed by atoms with Crippen LogP contribution in [-0.4, -0.2) is 17.8 Å². The molecule has 0 spiro atoms. The van der Waals surface area contributed by atoms with Gasteiger partial charge in [0.15, 0.2) is 0 Å². The van der Waals surface area contributed by atoms with Gasteiger partial charge in [0.2, 0.25) is 0 Å². The van der Waals surface area contributed by atoms with Crippen LogP contribution >= 0.6 is 11.8 Å². The fraction of sp³-hybridized carbons (Fsp3) is 0.500. The normalized spacial score (nSPS) is 13.6. The lowest BCUT2D eigenvalue weighted by atomic mass is 9.95. The van der Waals surface area contributed by atoms with Gasteiger partial charge in [-0.1, -0.05) is 42.1 Å². The third kappa shape index (κ3) is 5.98. The molecule has 17 heavy (non-hydrogen) atoms. The molecule has 0 radical (unpaired) electrons. The Hall–Kier alpha value is -0.680. The van der Waals surface area contributed by atoms with Crippen molar-refractivity contribution < 1.29 is 13.2 Å². The fourth-order valence-electron chi connectivity index (χ4n) is 1.66.